The second kappa shape index (κ2) is 5.58. The molecule has 1 heterocycles. The molecule has 3 nitrogen and oxygen atoms in total. The van der Waals surface area contributed by atoms with Gasteiger partial charge in [0.2, 0.25) is 0 Å². The maximum Gasteiger partial charge on any atom is 0.168 e. The highest BCUT2D eigenvalue weighted by Crippen LogP contribution is 2.05. The van der Waals surface area contributed by atoms with Crippen LogP contribution >= 0.6 is 0 Å². The number of hydrogen-bond donors (Lipinski definition) is 0. The molecular weight excluding hydrogens is 176 g/mol. The van der Waals surface area contributed by atoms with Crippen LogP contribution in [0.4, 0.5) is 0 Å². The van der Waals surface area contributed by atoms with E-state index in [-0.39, 0.29) is 0 Å². The number of carbonyl (C=O) groups is 1. The second-order valence-corrected chi connectivity index (χ2v) is 3.61. The lowest BCUT2D eigenvalue weighted by molar-refractivity contribution is 0.111. The number of unbranched alkanes of at least 4 members (excludes halogenated alkanes) is 3. The number of aryl methyl sites for hydroxylation is 2. The highest BCUT2D eigenvalue weighted by Gasteiger charge is 2.02. The largest absolute Gasteiger partial charge is 0.296 e. The zero-order valence-corrected chi connectivity index (χ0v) is 8.99. The quantitative estimate of drug-likeness (QED) is 0.515. The first-order valence-corrected chi connectivity index (χ1v) is 5.27. The van der Waals surface area contributed by atoms with Gasteiger partial charge in [0.05, 0.1) is 5.69 Å². The van der Waals surface area contributed by atoms with Gasteiger partial charge in [-0.15, -0.1) is 0 Å². The SMILES string of the molecule is CCCCCCn1nc(C)cc1C=O. The Balaban J connectivity index is 2.44. The smallest absolute Gasteiger partial charge is 0.168 e. The molecule has 0 atom stereocenters. The Morgan fingerprint density at radius 3 is 2.86 bits per heavy atom. The molecule has 1 aromatic heterocycles. The Bertz CT molecular complexity index is 291. The summed E-state index contributed by atoms with van der Waals surface area (Å²) >= 11 is 0. The maximum absolute atomic E-state index is 10.7. The first-order valence-electron chi connectivity index (χ1n) is 5.27. The molecule has 0 unspecified atom stereocenters. The van der Waals surface area contributed by atoms with Crippen LogP contribution < -0.4 is 0 Å². The molecule has 0 saturated heterocycles. The van der Waals surface area contributed by atoms with Gasteiger partial charge in [0.25, 0.3) is 0 Å². The highest BCUT2D eigenvalue weighted by atomic mass is 16.1. The standard InChI is InChI=1S/C11H18N2O/c1-3-4-5-6-7-13-11(9-14)8-10(2)12-13/h8-9H,3-7H2,1-2H3. The number of rotatable bonds is 6. The van der Waals surface area contributed by atoms with E-state index in [0.717, 1.165) is 24.9 Å². The average molecular weight is 194 g/mol. The summed E-state index contributed by atoms with van der Waals surface area (Å²) in [7, 11) is 0. The van der Waals surface area contributed by atoms with Crippen LogP contribution in [0.3, 0.4) is 0 Å². The highest BCUT2D eigenvalue weighted by molar-refractivity contribution is 5.72. The molecule has 3 heteroatoms. The van der Waals surface area contributed by atoms with Crippen molar-refractivity contribution >= 4 is 6.29 Å². The van der Waals surface area contributed by atoms with Gasteiger partial charge in [-0.25, -0.2) is 0 Å². The van der Waals surface area contributed by atoms with E-state index in [2.05, 4.69) is 12.0 Å². The molecule has 0 aliphatic carbocycles. The van der Waals surface area contributed by atoms with E-state index in [0.29, 0.717) is 5.69 Å². The maximum atomic E-state index is 10.7. The van der Waals surface area contributed by atoms with Gasteiger partial charge in [-0.3, -0.25) is 9.48 Å². The van der Waals surface area contributed by atoms with E-state index in [9.17, 15) is 4.79 Å². The van der Waals surface area contributed by atoms with Crippen LogP contribution in [0.15, 0.2) is 6.07 Å². The summed E-state index contributed by atoms with van der Waals surface area (Å²) in [6.07, 6.45) is 5.69. The molecule has 0 saturated carbocycles. The number of aldehydes is 1. The third-order valence-corrected chi connectivity index (χ3v) is 2.28. The minimum atomic E-state index is 0.694. The first kappa shape index (κ1) is 11.0. The van der Waals surface area contributed by atoms with Gasteiger partial charge < -0.3 is 0 Å². The minimum Gasteiger partial charge on any atom is -0.296 e. The number of nitrogens with zero attached hydrogens (tertiary/aromatic N) is 2. The van der Waals surface area contributed by atoms with Gasteiger partial charge in [-0.05, 0) is 19.4 Å². The molecule has 78 valence electrons. The molecule has 0 aliphatic rings. The van der Waals surface area contributed by atoms with E-state index >= 15 is 0 Å². The van der Waals surface area contributed by atoms with Crippen molar-refractivity contribution in [2.45, 2.75) is 46.1 Å². The topological polar surface area (TPSA) is 34.9 Å². The Kier molecular flexibility index (Phi) is 4.36. The molecule has 0 spiro atoms. The van der Waals surface area contributed by atoms with Gasteiger partial charge in [-0.1, -0.05) is 26.2 Å². The molecule has 0 amide bonds. The summed E-state index contributed by atoms with van der Waals surface area (Å²) in [6, 6.07) is 1.83. The van der Waals surface area contributed by atoms with Gasteiger partial charge in [0, 0.05) is 6.54 Å². The van der Waals surface area contributed by atoms with Crippen LogP contribution in [0.2, 0.25) is 0 Å². The van der Waals surface area contributed by atoms with Crippen LogP contribution in [0.5, 0.6) is 0 Å². The number of aromatic nitrogens is 2. The van der Waals surface area contributed by atoms with E-state index in [1.54, 1.807) is 4.68 Å². The van der Waals surface area contributed by atoms with Crippen LogP contribution in [0.1, 0.15) is 48.8 Å². The summed E-state index contributed by atoms with van der Waals surface area (Å²) in [5, 5.41) is 4.26. The fourth-order valence-electron chi connectivity index (χ4n) is 1.53. The van der Waals surface area contributed by atoms with Gasteiger partial charge in [-0.2, -0.15) is 5.10 Å². The predicted octanol–water partition coefficient (Wildman–Crippen LogP) is 2.58. The first-order chi connectivity index (χ1) is 6.77. The van der Waals surface area contributed by atoms with Crippen molar-refractivity contribution < 1.29 is 4.79 Å². The molecule has 0 radical (unpaired) electrons. The van der Waals surface area contributed by atoms with Crippen molar-refractivity contribution in [2.75, 3.05) is 0 Å². The molecule has 0 fully saturated rings. The Morgan fingerprint density at radius 2 is 2.21 bits per heavy atom. The third-order valence-electron chi connectivity index (χ3n) is 2.28. The van der Waals surface area contributed by atoms with Crippen LogP contribution in [-0.4, -0.2) is 16.1 Å². The summed E-state index contributed by atoms with van der Waals surface area (Å²) in [4.78, 5) is 10.7. The van der Waals surface area contributed by atoms with Gasteiger partial charge in [0.1, 0.15) is 5.69 Å². The summed E-state index contributed by atoms with van der Waals surface area (Å²) in [6.45, 7) is 4.96. The van der Waals surface area contributed by atoms with E-state index < -0.39 is 0 Å². The molecule has 0 aromatic carbocycles. The normalized spacial score (nSPS) is 10.4. The molecule has 0 bridgehead atoms. The average Bonchev–Trinajstić information content (AvgIpc) is 2.54. The second-order valence-electron chi connectivity index (χ2n) is 3.61. The lowest BCUT2D eigenvalue weighted by Gasteiger charge is -2.02. The van der Waals surface area contributed by atoms with Crippen LogP contribution in [0, 0.1) is 6.92 Å². The summed E-state index contributed by atoms with van der Waals surface area (Å²) < 4.78 is 1.80. The van der Waals surface area contributed by atoms with Crippen molar-refractivity contribution in [3.8, 4) is 0 Å². The molecular formula is C11H18N2O. The number of carbonyl (C=O) groups excluding carboxylic acids is 1. The fourth-order valence-corrected chi connectivity index (χ4v) is 1.53. The third kappa shape index (κ3) is 2.98. The van der Waals surface area contributed by atoms with E-state index in [4.69, 9.17) is 0 Å². The summed E-state index contributed by atoms with van der Waals surface area (Å²) in [5.41, 5.74) is 1.61. The van der Waals surface area contributed by atoms with Crippen LogP contribution in [-0.2, 0) is 6.54 Å². The van der Waals surface area contributed by atoms with E-state index in [1.165, 1.54) is 19.3 Å². The van der Waals surface area contributed by atoms with Crippen molar-refractivity contribution in [1.82, 2.24) is 9.78 Å². The lowest BCUT2D eigenvalue weighted by atomic mass is 10.2. The molecule has 14 heavy (non-hydrogen) atoms. The van der Waals surface area contributed by atoms with Gasteiger partial charge in [0.15, 0.2) is 6.29 Å². The monoisotopic (exact) mass is 194 g/mol. The summed E-state index contributed by atoms with van der Waals surface area (Å²) in [5.74, 6) is 0. The molecule has 0 aliphatic heterocycles. The fraction of sp³-hybridized carbons (Fsp3) is 0.636. The molecule has 0 N–H and O–H groups in total. The Hall–Kier alpha value is -1.12. The van der Waals surface area contributed by atoms with Crippen LogP contribution in [0.25, 0.3) is 0 Å². The Labute approximate surface area is 85.1 Å². The lowest BCUT2D eigenvalue weighted by Crippen LogP contribution is -2.04. The van der Waals surface area contributed by atoms with Crippen molar-refractivity contribution in [2.24, 2.45) is 0 Å². The van der Waals surface area contributed by atoms with Crippen molar-refractivity contribution in [3.05, 3.63) is 17.5 Å². The van der Waals surface area contributed by atoms with Crippen molar-refractivity contribution in [3.63, 3.8) is 0 Å². The number of hydrogen-bond acceptors (Lipinski definition) is 2. The zero-order chi connectivity index (χ0) is 10.4. The minimum absolute atomic E-state index is 0.694. The van der Waals surface area contributed by atoms with Crippen molar-refractivity contribution in [1.29, 1.82) is 0 Å². The Morgan fingerprint density at radius 1 is 1.43 bits per heavy atom. The predicted molar refractivity (Wildman–Crippen MR) is 56.5 cm³/mol. The zero-order valence-electron chi connectivity index (χ0n) is 8.99. The van der Waals surface area contributed by atoms with E-state index in [1.807, 2.05) is 13.0 Å². The molecule has 1 aromatic rings. The van der Waals surface area contributed by atoms with Gasteiger partial charge >= 0.3 is 0 Å². The molecule has 1 rings (SSSR count).